The lowest BCUT2D eigenvalue weighted by Gasteiger charge is -1.97. The van der Waals surface area contributed by atoms with E-state index in [0.717, 1.165) is 4.68 Å². The topological polar surface area (TPSA) is 30.7 Å². The number of alkyl halides is 3. The van der Waals surface area contributed by atoms with E-state index in [-0.39, 0.29) is 11.3 Å². The first-order valence-corrected chi connectivity index (χ1v) is 3.62. The van der Waals surface area contributed by atoms with Gasteiger partial charge in [-0.1, -0.05) is 0 Å². The van der Waals surface area contributed by atoms with E-state index >= 15 is 0 Å². The van der Waals surface area contributed by atoms with E-state index in [0.29, 0.717) is 0 Å². The molecule has 2 radical (unpaired) electrons. The highest BCUT2D eigenvalue weighted by Crippen LogP contribution is 2.27. The summed E-state index contributed by atoms with van der Waals surface area (Å²) < 4.78 is 36.6. The van der Waals surface area contributed by atoms with Gasteiger partial charge in [0.25, 0.3) is 5.82 Å². The zero-order valence-electron chi connectivity index (χ0n) is 5.64. The van der Waals surface area contributed by atoms with Gasteiger partial charge in [0.2, 0.25) is 0 Å². The van der Waals surface area contributed by atoms with Gasteiger partial charge < -0.3 is 0 Å². The number of hydrogen-bond donors (Lipinski definition) is 0. The van der Waals surface area contributed by atoms with Gasteiger partial charge in [0.15, 0.2) is 4.73 Å². The molecule has 0 saturated heterocycles. The SMILES string of the molecule is [CH]Cn1nc(C(F)(F)F)nc1Br. The standard InChI is InChI=1S/C5H3BrF3N3/c1-2-12-4(6)10-3(11-12)5(7,8)9/h1H,2H2. The molecule has 1 aromatic heterocycles. The minimum atomic E-state index is -4.52. The summed E-state index contributed by atoms with van der Waals surface area (Å²) in [6, 6.07) is 0. The number of rotatable bonds is 1. The van der Waals surface area contributed by atoms with E-state index in [1.165, 1.54) is 0 Å². The Morgan fingerprint density at radius 3 is 2.33 bits per heavy atom. The molecule has 0 bridgehead atoms. The third-order valence-corrected chi connectivity index (χ3v) is 1.64. The molecular formula is C5H3BrF3N3. The second kappa shape index (κ2) is 3.04. The molecule has 66 valence electrons. The molecule has 0 aromatic carbocycles. The number of hydrogen-bond acceptors (Lipinski definition) is 2. The van der Waals surface area contributed by atoms with Gasteiger partial charge in [0, 0.05) is 6.54 Å². The Morgan fingerprint density at radius 2 is 2.08 bits per heavy atom. The number of nitrogens with zero attached hydrogens (tertiary/aromatic N) is 3. The molecule has 0 atom stereocenters. The second-order valence-corrected chi connectivity index (χ2v) is 2.59. The highest BCUT2D eigenvalue weighted by molar-refractivity contribution is 9.10. The van der Waals surface area contributed by atoms with Gasteiger partial charge in [-0.25, -0.2) is 4.68 Å². The highest BCUT2D eigenvalue weighted by Gasteiger charge is 2.36. The Bertz CT molecular complexity index is 280. The molecule has 0 fully saturated rings. The Balaban J connectivity index is 3.05. The normalized spacial score (nSPS) is 12.1. The average Bonchev–Trinajstić information content (AvgIpc) is 2.29. The van der Waals surface area contributed by atoms with Crippen LogP contribution in [0.2, 0.25) is 0 Å². The maximum atomic E-state index is 11.9. The van der Waals surface area contributed by atoms with Crippen molar-refractivity contribution < 1.29 is 13.2 Å². The van der Waals surface area contributed by atoms with Gasteiger partial charge in [-0.3, -0.25) is 0 Å². The van der Waals surface area contributed by atoms with E-state index in [2.05, 4.69) is 26.0 Å². The van der Waals surface area contributed by atoms with Crippen LogP contribution in [0.1, 0.15) is 5.82 Å². The second-order valence-electron chi connectivity index (χ2n) is 1.88. The molecule has 0 amide bonds. The van der Waals surface area contributed by atoms with Gasteiger partial charge in [0.05, 0.1) is 0 Å². The Hall–Kier alpha value is -0.590. The van der Waals surface area contributed by atoms with E-state index in [4.69, 9.17) is 6.92 Å². The van der Waals surface area contributed by atoms with Crippen molar-refractivity contribution in [2.75, 3.05) is 0 Å². The van der Waals surface area contributed by atoms with Crippen molar-refractivity contribution in [3.63, 3.8) is 0 Å². The molecule has 1 aromatic rings. The smallest absolute Gasteiger partial charge is 0.239 e. The summed E-state index contributed by atoms with van der Waals surface area (Å²) in [5.41, 5.74) is 0. The van der Waals surface area contributed by atoms with Crippen LogP contribution in [0.3, 0.4) is 0 Å². The number of aromatic nitrogens is 3. The monoisotopic (exact) mass is 241 g/mol. The van der Waals surface area contributed by atoms with Crippen molar-refractivity contribution in [2.24, 2.45) is 0 Å². The summed E-state index contributed by atoms with van der Waals surface area (Å²) in [5.74, 6) is -1.19. The zero-order chi connectivity index (χ0) is 9.35. The molecule has 0 aliphatic carbocycles. The average molecular weight is 242 g/mol. The number of halogens is 4. The van der Waals surface area contributed by atoms with Crippen LogP contribution < -0.4 is 0 Å². The quantitative estimate of drug-likeness (QED) is 0.751. The van der Waals surface area contributed by atoms with Crippen molar-refractivity contribution in [2.45, 2.75) is 12.7 Å². The van der Waals surface area contributed by atoms with Gasteiger partial charge in [-0.05, 0) is 22.9 Å². The van der Waals surface area contributed by atoms with Crippen LogP contribution in [0.25, 0.3) is 0 Å². The van der Waals surface area contributed by atoms with Crippen LogP contribution in [0, 0.1) is 6.92 Å². The lowest BCUT2D eigenvalue weighted by molar-refractivity contribution is -0.145. The van der Waals surface area contributed by atoms with Gasteiger partial charge in [-0.15, -0.1) is 5.10 Å². The predicted molar refractivity (Wildman–Crippen MR) is 37.0 cm³/mol. The van der Waals surface area contributed by atoms with Gasteiger partial charge >= 0.3 is 6.18 Å². The molecule has 0 N–H and O–H groups in total. The first-order chi connectivity index (χ1) is 5.45. The highest BCUT2D eigenvalue weighted by atomic mass is 79.9. The summed E-state index contributed by atoms with van der Waals surface area (Å²) in [6.07, 6.45) is -4.52. The van der Waals surface area contributed by atoms with Crippen molar-refractivity contribution in [3.8, 4) is 0 Å². The minimum absolute atomic E-state index is 0.0303. The lowest BCUT2D eigenvalue weighted by Crippen LogP contribution is -2.08. The predicted octanol–water partition coefficient (Wildman–Crippen LogP) is 1.77. The van der Waals surface area contributed by atoms with Crippen LogP contribution in [-0.2, 0) is 12.7 Å². The van der Waals surface area contributed by atoms with Crippen LogP contribution in [-0.4, -0.2) is 14.8 Å². The van der Waals surface area contributed by atoms with Crippen LogP contribution in [0.5, 0.6) is 0 Å². The van der Waals surface area contributed by atoms with Crippen molar-refractivity contribution >= 4 is 15.9 Å². The fourth-order valence-electron chi connectivity index (χ4n) is 0.559. The minimum Gasteiger partial charge on any atom is -0.239 e. The first kappa shape index (κ1) is 9.50. The van der Waals surface area contributed by atoms with E-state index in [1.54, 1.807) is 0 Å². The maximum absolute atomic E-state index is 11.9. The van der Waals surface area contributed by atoms with Crippen molar-refractivity contribution in [1.29, 1.82) is 0 Å². The lowest BCUT2D eigenvalue weighted by atomic mass is 10.6. The Morgan fingerprint density at radius 1 is 1.50 bits per heavy atom. The molecule has 1 rings (SSSR count). The zero-order valence-corrected chi connectivity index (χ0v) is 7.22. The fraction of sp³-hybridized carbons (Fsp3) is 0.400. The van der Waals surface area contributed by atoms with Crippen LogP contribution in [0.15, 0.2) is 4.73 Å². The molecule has 0 aliphatic rings. The van der Waals surface area contributed by atoms with Crippen molar-refractivity contribution in [1.82, 2.24) is 14.8 Å². The maximum Gasteiger partial charge on any atom is 0.453 e. The third kappa shape index (κ3) is 1.77. The fourth-order valence-corrected chi connectivity index (χ4v) is 0.951. The van der Waals surface area contributed by atoms with Crippen LogP contribution >= 0.6 is 15.9 Å². The summed E-state index contributed by atoms with van der Waals surface area (Å²) >= 11 is 2.78. The molecule has 3 nitrogen and oxygen atoms in total. The molecule has 12 heavy (non-hydrogen) atoms. The van der Waals surface area contributed by atoms with Gasteiger partial charge in [-0.2, -0.15) is 18.2 Å². The van der Waals surface area contributed by atoms with Crippen molar-refractivity contribution in [3.05, 3.63) is 17.5 Å². The molecule has 0 aliphatic heterocycles. The molecule has 1 heterocycles. The first-order valence-electron chi connectivity index (χ1n) is 2.82. The summed E-state index contributed by atoms with van der Waals surface area (Å²) in [5, 5.41) is 3.11. The largest absolute Gasteiger partial charge is 0.453 e. The van der Waals surface area contributed by atoms with E-state index < -0.39 is 12.0 Å². The molecule has 0 saturated carbocycles. The summed E-state index contributed by atoms with van der Waals surface area (Å²) in [4.78, 5) is 3.12. The Labute approximate surface area is 74.7 Å². The third-order valence-electron chi connectivity index (χ3n) is 1.05. The molecule has 0 unspecified atom stereocenters. The summed E-state index contributed by atoms with van der Waals surface area (Å²) in [6.45, 7) is 4.92. The van der Waals surface area contributed by atoms with Crippen LogP contribution in [0.4, 0.5) is 13.2 Å². The summed E-state index contributed by atoms with van der Waals surface area (Å²) in [7, 11) is 0. The van der Waals surface area contributed by atoms with E-state index in [9.17, 15) is 13.2 Å². The van der Waals surface area contributed by atoms with E-state index in [1.807, 2.05) is 0 Å². The van der Waals surface area contributed by atoms with Gasteiger partial charge in [0.1, 0.15) is 0 Å². The molecule has 0 spiro atoms. The Kier molecular flexibility index (Phi) is 2.41. The molecule has 7 heteroatoms. The molecular weight excluding hydrogens is 239 g/mol.